The predicted molar refractivity (Wildman–Crippen MR) is 66.8 cm³/mol. The molecule has 7 heteroatoms. The Morgan fingerprint density at radius 2 is 2.47 bits per heavy atom. The van der Waals surface area contributed by atoms with Crippen molar-refractivity contribution in [3.8, 4) is 0 Å². The molecule has 0 saturated carbocycles. The van der Waals surface area contributed by atoms with E-state index in [4.69, 9.17) is 5.11 Å². The van der Waals surface area contributed by atoms with E-state index < -0.39 is 6.10 Å². The fourth-order valence-corrected chi connectivity index (χ4v) is 2.05. The van der Waals surface area contributed by atoms with E-state index in [0.717, 1.165) is 0 Å². The molecule has 0 bridgehead atoms. The van der Waals surface area contributed by atoms with Gasteiger partial charge in [0, 0.05) is 13.0 Å². The number of aliphatic imine (C=N–C) groups is 1. The summed E-state index contributed by atoms with van der Waals surface area (Å²) in [7, 11) is 0. The Morgan fingerprint density at radius 3 is 3.06 bits per heavy atom. The Morgan fingerprint density at radius 1 is 1.76 bits per heavy atom. The highest BCUT2D eigenvalue weighted by molar-refractivity contribution is 8.14. The average molecular weight is 259 g/mol. The summed E-state index contributed by atoms with van der Waals surface area (Å²) in [6.07, 6.45) is -0.172. The Labute approximate surface area is 104 Å². The van der Waals surface area contributed by atoms with Crippen LogP contribution < -0.4 is 10.6 Å². The number of amides is 2. The zero-order chi connectivity index (χ0) is 12.8. The molecule has 0 aromatic heterocycles. The number of nitrogens with zero attached hydrogens (tertiary/aromatic N) is 1. The Balaban J connectivity index is 2.30. The molecule has 2 amide bonds. The highest BCUT2D eigenvalue weighted by Crippen LogP contribution is 2.10. The van der Waals surface area contributed by atoms with Gasteiger partial charge in [-0.1, -0.05) is 11.8 Å². The van der Waals surface area contributed by atoms with E-state index in [1.165, 1.54) is 11.8 Å². The molecule has 0 fully saturated rings. The van der Waals surface area contributed by atoms with Crippen LogP contribution in [0.25, 0.3) is 0 Å². The van der Waals surface area contributed by atoms with Gasteiger partial charge in [0.25, 0.3) is 0 Å². The van der Waals surface area contributed by atoms with E-state index in [9.17, 15) is 9.59 Å². The van der Waals surface area contributed by atoms with Crippen LogP contribution in [-0.2, 0) is 9.59 Å². The highest BCUT2D eigenvalue weighted by atomic mass is 32.2. The molecule has 96 valence electrons. The molecule has 17 heavy (non-hydrogen) atoms. The second-order valence-corrected chi connectivity index (χ2v) is 4.94. The van der Waals surface area contributed by atoms with Crippen molar-refractivity contribution >= 4 is 28.7 Å². The van der Waals surface area contributed by atoms with Crippen molar-refractivity contribution in [3.05, 3.63) is 0 Å². The Hall–Kier alpha value is -1.08. The van der Waals surface area contributed by atoms with Crippen LogP contribution in [0.1, 0.15) is 20.3 Å². The molecule has 0 radical (unpaired) electrons. The molecule has 1 aliphatic rings. The molecule has 0 spiro atoms. The van der Waals surface area contributed by atoms with Gasteiger partial charge < -0.3 is 15.7 Å². The molecule has 2 atom stereocenters. The summed E-state index contributed by atoms with van der Waals surface area (Å²) in [6, 6.07) is -0.0354. The summed E-state index contributed by atoms with van der Waals surface area (Å²) >= 11 is 1.19. The number of hydrogen-bond acceptors (Lipinski definition) is 5. The van der Waals surface area contributed by atoms with Crippen LogP contribution in [0.15, 0.2) is 4.99 Å². The average Bonchev–Trinajstić information content (AvgIpc) is 2.22. The van der Waals surface area contributed by atoms with Gasteiger partial charge in [-0.3, -0.25) is 14.6 Å². The van der Waals surface area contributed by atoms with Gasteiger partial charge in [0.1, 0.15) is 0 Å². The van der Waals surface area contributed by atoms with Crippen molar-refractivity contribution in [2.45, 2.75) is 32.4 Å². The maximum absolute atomic E-state index is 11.3. The maximum atomic E-state index is 11.3. The number of thioether (sulfide) groups is 1. The van der Waals surface area contributed by atoms with Crippen molar-refractivity contribution < 1.29 is 14.7 Å². The van der Waals surface area contributed by atoms with Gasteiger partial charge in [-0.05, 0) is 13.8 Å². The highest BCUT2D eigenvalue weighted by Gasteiger charge is 2.18. The van der Waals surface area contributed by atoms with Crippen molar-refractivity contribution in [1.29, 1.82) is 0 Å². The summed E-state index contributed by atoms with van der Waals surface area (Å²) < 4.78 is 0. The van der Waals surface area contributed by atoms with Crippen LogP contribution in [0.2, 0.25) is 0 Å². The molecular weight excluding hydrogens is 242 g/mol. The summed E-state index contributed by atoms with van der Waals surface area (Å²) in [5, 5.41) is 14.7. The fourth-order valence-electron chi connectivity index (χ4n) is 1.24. The van der Waals surface area contributed by atoms with Gasteiger partial charge in [0.2, 0.25) is 11.8 Å². The zero-order valence-corrected chi connectivity index (χ0v) is 10.7. The molecule has 1 heterocycles. The first kappa shape index (κ1) is 14.0. The lowest BCUT2D eigenvalue weighted by molar-refractivity contribution is -0.120. The van der Waals surface area contributed by atoms with Crippen LogP contribution >= 0.6 is 11.8 Å². The van der Waals surface area contributed by atoms with Gasteiger partial charge in [-0.25, -0.2) is 0 Å². The number of carbonyl (C=O) groups excluding carboxylic acids is 2. The molecular formula is C10H17N3O3S. The maximum Gasteiger partial charge on any atom is 0.230 e. The van der Waals surface area contributed by atoms with Crippen LogP contribution in [0.3, 0.4) is 0 Å². The first-order chi connectivity index (χ1) is 7.97. The standard InChI is InChI=1S/C10H17N3O3S/c1-6-3-8(15)13-10(12-6)17-5-9(16)11-4-7(2)14/h6-7,14H,3-5H2,1-2H3,(H,11,16)(H,12,13,15). The molecule has 0 saturated heterocycles. The van der Waals surface area contributed by atoms with Crippen LogP contribution in [0.5, 0.6) is 0 Å². The van der Waals surface area contributed by atoms with Crippen molar-refractivity contribution in [2.75, 3.05) is 12.3 Å². The number of hydrogen-bond donors (Lipinski definition) is 3. The third-order valence-electron chi connectivity index (χ3n) is 2.00. The minimum Gasteiger partial charge on any atom is -0.392 e. The minimum absolute atomic E-state index is 0.0354. The van der Waals surface area contributed by atoms with E-state index >= 15 is 0 Å². The normalized spacial score (nSPS) is 21.5. The summed E-state index contributed by atoms with van der Waals surface area (Å²) in [5.41, 5.74) is 0. The second-order valence-electron chi connectivity index (χ2n) is 3.98. The lowest BCUT2D eigenvalue weighted by Crippen LogP contribution is -2.37. The molecule has 6 nitrogen and oxygen atoms in total. The zero-order valence-electron chi connectivity index (χ0n) is 9.90. The summed E-state index contributed by atoms with van der Waals surface area (Å²) in [6.45, 7) is 3.68. The molecule has 1 aliphatic heterocycles. The van der Waals surface area contributed by atoms with Crippen LogP contribution in [0.4, 0.5) is 0 Å². The Kier molecular flexibility index (Phi) is 5.43. The monoisotopic (exact) mass is 259 g/mol. The number of aliphatic hydroxyl groups excluding tert-OH is 1. The smallest absolute Gasteiger partial charge is 0.230 e. The lowest BCUT2D eigenvalue weighted by Gasteiger charge is -2.17. The first-order valence-corrected chi connectivity index (χ1v) is 6.41. The van der Waals surface area contributed by atoms with Gasteiger partial charge >= 0.3 is 0 Å². The summed E-state index contributed by atoms with van der Waals surface area (Å²) in [4.78, 5) is 26.8. The fraction of sp³-hybridized carbons (Fsp3) is 0.700. The molecule has 0 aliphatic carbocycles. The van der Waals surface area contributed by atoms with Gasteiger partial charge in [-0.15, -0.1) is 0 Å². The second kappa shape index (κ2) is 6.61. The SMILES string of the molecule is CC(O)CNC(=O)CSC1=NC(C)CC(=O)N1. The van der Waals surface area contributed by atoms with E-state index in [0.29, 0.717) is 11.6 Å². The third-order valence-corrected chi connectivity index (χ3v) is 2.89. The first-order valence-electron chi connectivity index (χ1n) is 5.42. The number of nitrogens with one attached hydrogen (secondary N) is 2. The topological polar surface area (TPSA) is 90.8 Å². The number of carbonyl (C=O) groups is 2. The number of amidine groups is 1. The molecule has 0 aromatic carbocycles. The van der Waals surface area contributed by atoms with E-state index in [1.54, 1.807) is 6.92 Å². The molecule has 3 N–H and O–H groups in total. The van der Waals surface area contributed by atoms with E-state index in [-0.39, 0.29) is 30.2 Å². The number of aliphatic hydroxyl groups is 1. The van der Waals surface area contributed by atoms with Gasteiger partial charge in [0.05, 0.1) is 17.9 Å². The van der Waals surface area contributed by atoms with Crippen molar-refractivity contribution in [1.82, 2.24) is 10.6 Å². The number of rotatable bonds is 4. The molecule has 1 rings (SSSR count). The van der Waals surface area contributed by atoms with E-state index in [1.807, 2.05) is 6.92 Å². The minimum atomic E-state index is -0.560. The van der Waals surface area contributed by atoms with Crippen molar-refractivity contribution in [2.24, 2.45) is 4.99 Å². The van der Waals surface area contributed by atoms with Crippen LogP contribution in [-0.4, -0.2) is 46.5 Å². The van der Waals surface area contributed by atoms with E-state index in [2.05, 4.69) is 15.6 Å². The third kappa shape index (κ3) is 5.69. The largest absolute Gasteiger partial charge is 0.392 e. The summed E-state index contributed by atoms with van der Waals surface area (Å²) in [5.74, 6) is -0.0797. The lowest BCUT2D eigenvalue weighted by atomic mass is 10.2. The molecule has 0 aromatic rings. The van der Waals surface area contributed by atoms with Gasteiger partial charge in [0.15, 0.2) is 5.17 Å². The van der Waals surface area contributed by atoms with Gasteiger partial charge in [-0.2, -0.15) is 0 Å². The molecule has 2 unspecified atom stereocenters. The van der Waals surface area contributed by atoms with Crippen molar-refractivity contribution in [3.63, 3.8) is 0 Å². The van der Waals surface area contributed by atoms with Crippen LogP contribution in [0, 0.1) is 0 Å². The Bertz CT molecular complexity index is 331. The predicted octanol–water partition coefficient (Wildman–Crippen LogP) is -0.519. The quantitative estimate of drug-likeness (QED) is 0.633.